The Morgan fingerprint density at radius 3 is 2.71 bits per heavy atom. The Kier molecular flexibility index (Phi) is 10.8. The van der Waals surface area contributed by atoms with Crippen LogP contribution in [-0.2, 0) is 9.47 Å². The number of carbonyl (C=O) groups excluding carboxylic acids is 1. The van der Waals surface area contributed by atoms with E-state index in [1.807, 2.05) is 24.3 Å². The maximum atomic E-state index is 12.4. The molecule has 6 heteroatoms. The number of nitrogens with one attached hydrogen (secondary N) is 1. The van der Waals surface area contributed by atoms with Gasteiger partial charge in [0.15, 0.2) is 0 Å². The predicted octanol–water partition coefficient (Wildman–Crippen LogP) is 4.70. The van der Waals surface area contributed by atoms with Gasteiger partial charge in [0, 0.05) is 24.9 Å². The van der Waals surface area contributed by atoms with Gasteiger partial charge < -0.3 is 14.2 Å². The van der Waals surface area contributed by atoms with E-state index in [9.17, 15) is 4.79 Å². The molecule has 6 nitrogen and oxygen atoms in total. The molecule has 0 saturated carbocycles. The number of benzene rings is 1. The molecular formula is C22H36N2O4. The van der Waals surface area contributed by atoms with Gasteiger partial charge in [0.05, 0.1) is 13.2 Å². The number of likely N-dealkylation sites (tertiary alicyclic amines) is 1. The molecule has 1 heterocycles. The molecule has 1 N–H and O–H groups in total. The number of anilines is 1. The summed E-state index contributed by atoms with van der Waals surface area (Å²) in [5.41, 5.74) is 0.674. The zero-order valence-electron chi connectivity index (χ0n) is 17.5. The topological polar surface area (TPSA) is 60.0 Å². The first-order chi connectivity index (χ1) is 13.7. The van der Waals surface area contributed by atoms with E-state index in [1.54, 1.807) is 0 Å². The standard InChI is InChI=1S/C22H36N2O4/c1-3-5-8-15-27-20-11-9-10-19(16-20)23-22(25)28-21(18-26-14-4-2)17-24-12-6-7-13-24/h9-11,16,21H,3-8,12-15,17-18H2,1-2H3,(H,23,25). The fourth-order valence-electron chi connectivity index (χ4n) is 3.24. The smallest absolute Gasteiger partial charge is 0.412 e. The number of nitrogens with zero attached hydrogens (tertiary/aromatic N) is 1. The third-order valence-corrected chi connectivity index (χ3v) is 4.68. The van der Waals surface area contributed by atoms with Gasteiger partial charge in [-0.25, -0.2) is 4.79 Å². The highest BCUT2D eigenvalue weighted by atomic mass is 16.6. The normalized spacial score (nSPS) is 15.4. The van der Waals surface area contributed by atoms with Gasteiger partial charge in [0.25, 0.3) is 0 Å². The van der Waals surface area contributed by atoms with Crippen molar-refractivity contribution in [3.8, 4) is 5.75 Å². The van der Waals surface area contributed by atoms with Crippen molar-refractivity contribution in [3.05, 3.63) is 24.3 Å². The van der Waals surface area contributed by atoms with Crippen molar-refractivity contribution in [1.82, 2.24) is 4.90 Å². The third kappa shape index (κ3) is 8.93. The highest BCUT2D eigenvalue weighted by molar-refractivity contribution is 5.85. The average Bonchev–Trinajstić information content (AvgIpc) is 3.19. The molecule has 0 spiro atoms. The molecular weight excluding hydrogens is 356 g/mol. The van der Waals surface area contributed by atoms with Gasteiger partial charge in [-0.05, 0) is 50.9 Å². The van der Waals surface area contributed by atoms with E-state index in [1.165, 1.54) is 12.8 Å². The Labute approximate surface area is 169 Å². The zero-order chi connectivity index (χ0) is 20.0. The summed E-state index contributed by atoms with van der Waals surface area (Å²) in [4.78, 5) is 14.7. The number of amides is 1. The second-order valence-electron chi connectivity index (χ2n) is 7.32. The van der Waals surface area contributed by atoms with E-state index in [4.69, 9.17) is 14.2 Å². The summed E-state index contributed by atoms with van der Waals surface area (Å²) in [6.45, 7) is 8.88. The molecule has 28 heavy (non-hydrogen) atoms. The summed E-state index contributed by atoms with van der Waals surface area (Å²) in [6, 6.07) is 7.44. The van der Waals surface area contributed by atoms with Crippen LogP contribution in [0.4, 0.5) is 10.5 Å². The Morgan fingerprint density at radius 1 is 1.14 bits per heavy atom. The molecule has 1 aromatic rings. The molecule has 1 amide bonds. The van der Waals surface area contributed by atoms with Crippen LogP contribution in [0.25, 0.3) is 0 Å². The van der Waals surface area contributed by atoms with Crippen LogP contribution in [0, 0.1) is 0 Å². The van der Waals surface area contributed by atoms with Crippen LogP contribution in [0.2, 0.25) is 0 Å². The minimum absolute atomic E-state index is 0.266. The predicted molar refractivity (Wildman–Crippen MR) is 112 cm³/mol. The van der Waals surface area contributed by atoms with E-state index in [-0.39, 0.29) is 6.10 Å². The number of ether oxygens (including phenoxy) is 3. The Balaban J connectivity index is 1.82. The Hall–Kier alpha value is -1.79. The molecule has 1 aliphatic heterocycles. The lowest BCUT2D eigenvalue weighted by Crippen LogP contribution is -2.37. The highest BCUT2D eigenvalue weighted by Crippen LogP contribution is 2.18. The first kappa shape index (κ1) is 22.5. The highest BCUT2D eigenvalue weighted by Gasteiger charge is 2.21. The molecule has 2 rings (SSSR count). The minimum Gasteiger partial charge on any atom is -0.494 e. The average molecular weight is 393 g/mol. The fraction of sp³-hybridized carbons (Fsp3) is 0.682. The molecule has 0 bridgehead atoms. The first-order valence-electron chi connectivity index (χ1n) is 10.7. The van der Waals surface area contributed by atoms with Crippen molar-refractivity contribution < 1.29 is 19.0 Å². The molecule has 158 valence electrons. The molecule has 1 fully saturated rings. The molecule has 1 atom stereocenters. The Morgan fingerprint density at radius 2 is 1.96 bits per heavy atom. The van der Waals surface area contributed by atoms with Gasteiger partial charge in [-0.1, -0.05) is 32.8 Å². The second-order valence-corrected chi connectivity index (χ2v) is 7.32. The van der Waals surface area contributed by atoms with Gasteiger partial charge in [-0.2, -0.15) is 0 Å². The lowest BCUT2D eigenvalue weighted by Gasteiger charge is -2.23. The molecule has 0 aromatic heterocycles. The molecule has 1 saturated heterocycles. The largest absolute Gasteiger partial charge is 0.494 e. The van der Waals surface area contributed by atoms with Gasteiger partial charge in [-0.3, -0.25) is 10.2 Å². The summed E-state index contributed by atoms with van der Waals surface area (Å²) in [7, 11) is 0. The number of hydrogen-bond acceptors (Lipinski definition) is 5. The maximum absolute atomic E-state index is 12.4. The van der Waals surface area contributed by atoms with E-state index in [0.717, 1.165) is 51.1 Å². The first-order valence-corrected chi connectivity index (χ1v) is 10.7. The zero-order valence-corrected chi connectivity index (χ0v) is 17.5. The fourth-order valence-corrected chi connectivity index (χ4v) is 3.24. The van der Waals surface area contributed by atoms with Gasteiger partial charge in [-0.15, -0.1) is 0 Å². The molecule has 0 aliphatic carbocycles. The minimum atomic E-state index is -0.451. The molecule has 0 radical (unpaired) electrons. The van der Waals surface area contributed by atoms with Crippen molar-refractivity contribution in [1.29, 1.82) is 0 Å². The van der Waals surface area contributed by atoms with Crippen LogP contribution in [0.15, 0.2) is 24.3 Å². The lowest BCUT2D eigenvalue weighted by atomic mass is 10.2. The van der Waals surface area contributed by atoms with Crippen LogP contribution < -0.4 is 10.1 Å². The SMILES string of the molecule is CCCCCOc1cccc(NC(=O)OC(COCCC)CN2CCCC2)c1. The van der Waals surface area contributed by atoms with E-state index >= 15 is 0 Å². The van der Waals surface area contributed by atoms with Gasteiger partial charge in [0.1, 0.15) is 11.9 Å². The molecule has 1 aromatic carbocycles. The van der Waals surface area contributed by atoms with Gasteiger partial charge >= 0.3 is 6.09 Å². The quantitative estimate of drug-likeness (QED) is 0.493. The summed E-state index contributed by atoms with van der Waals surface area (Å²) in [6.07, 6.45) is 6.00. The second kappa shape index (κ2) is 13.4. The summed E-state index contributed by atoms with van der Waals surface area (Å²) in [5.74, 6) is 0.758. The number of hydrogen-bond donors (Lipinski definition) is 1. The number of carbonyl (C=O) groups is 1. The maximum Gasteiger partial charge on any atom is 0.412 e. The Bertz CT molecular complexity index is 561. The van der Waals surface area contributed by atoms with Crippen LogP contribution in [-0.4, -0.2) is 56.6 Å². The van der Waals surface area contributed by atoms with Crippen molar-refractivity contribution >= 4 is 11.8 Å². The molecule has 1 aliphatic rings. The van der Waals surface area contributed by atoms with E-state index < -0.39 is 6.09 Å². The number of unbranched alkanes of at least 4 members (excludes halogenated alkanes) is 2. The van der Waals surface area contributed by atoms with E-state index in [0.29, 0.717) is 25.5 Å². The van der Waals surface area contributed by atoms with Crippen molar-refractivity contribution in [3.63, 3.8) is 0 Å². The molecule has 1 unspecified atom stereocenters. The van der Waals surface area contributed by atoms with E-state index in [2.05, 4.69) is 24.1 Å². The van der Waals surface area contributed by atoms with Crippen molar-refractivity contribution in [2.45, 2.75) is 58.5 Å². The van der Waals surface area contributed by atoms with Gasteiger partial charge in [0.2, 0.25) is 0 Å². The van der Waals surface area contributed by atoms with Crippen LogP contribution in [0.5, 0.6) is 5.75 Å². The summed E-state index contributed by atoms with van der Waals surface area (Å²) >= 11 is 0. The van der Waals surface area contributed by atoms with Crippen LogP contribution in [0.1, 0.15) is 52.4 Å². The van der Waals surface area contributed by atoms with Crippen LogP contribution >= 0.6 is 0 Å². The van der Waals surface area contributed by atoms with Crippen LogP contribution in [0.3, 0.4) is 0 Å². The third-order valence-electron chi connectivity index (χ3n) is 4.68. The monoisotopic (exact) mass is 392 g/mol. The van der Waals surface area contributed by atoms with Crippen molar-refractivity contribution in [2.75, 3.05) is 44.8 Å². The summed E-state index contributed by atoms with van der Waals surface area (Å²) in [5, 5.41) is 2.81. The lowest BCUT2D eigenvalue weighted by molar-refractivity contribution is 0.0108. The number of rotatable bonds is 13. The van der Waals surface area contributed by atoms with Crippen molar-refractivity contribution in [2.24, 2.45) is 0 Å². The summed E-state index contributed by atoms with van der Waals surface area (Å²) < 4.78 is 17.0.